The zero-order chi connectivity index (χ0) is 38.7. The molecule has 5 aliphatic carbocycles. The molecular formula is C41H66O12. The van der Waals surface area contributed by atoms with E-state index in [4.69, 9.17) is 18.9 Å². The Kier molecular flexibility index (Phi) is 10.2. The van der Waals surface area contributed by atoms with E-state index in [0.29, 0.717) is 18.8 Å². The molecule has 4 saturated carbocycles. The summed E-state index contributed by atoms with van der Waals surface area (Å²) in [5, 5.41) is 74.9. The normalized spacial score (nSPS) is 55.1. The number of aliphatic hydroxyl groups is 6. The Balaban J connectivity index is 1.15. The smallest absolute Gasteiger partial charge is 0.310 e. The lowest BCUT2D eigenvalue weighted by Gasteiger charge is -2.71. The summed E-state index contributed by atoms with van der Waals surface area (Å²) in [4.78, 5) is 13.0. The highest BCUT2D eigenvalue weighted by Gasteiger charge is 2.70. The summed E-state index contributed by atoms with van der Waals surface area (Å²) in [6.07, 6.45) is -1.79. The number of aliphatic hydroxyl groups excluding tert-OH is 6. The topological polar surface area (TPSA) is 196 Å². The lowest BCUT2D eigenvalue weighted by molar-refractivity contribution is -0.365. The molecule has 7 rings (SSSR count). The second-order valence-electron chi connectivity index (χ2n) is 20.0. The van der Waals surface area contributed by atoms with E-state index >= 15 is 0 Å². The van der Waals surface area contributed by atoms with Crippen LogP contribution in [0.2, 0.25) is 0 Å². The Labute approximate surface area is 314 Å². The van der Waals surface area contributed by atoms with Crippen LogP contribution in [-0.2, 0) is 23.7 Å². The maximum absolute atomic E-state index is 13.0. The lowest BCUT2D eigenvalue weighted by Crippen LogP contribution is -2.67. The minimum atomic E-state index is -1.62. The van der Waals surface area contributed by atoms with Gasteiger partial charge in [-0.15, -0.1) is 0 Å². The molecule has 0 aromatic rings. The molecule has 0 aromatic carbocycles. The van der Waals surface area contributed by atoms with Crippen molar-refractivity contribution in [3.05, 3.63) is 11.6 Å². The molecule has 12 heteroatoms. The summed E-state index contributed by atoms with van der Waals surface area (Å²) < 4.78 is 24.3. The summed E-state index contributed by atoms with van der Waals surface area (Å²) in [6.45, 7) is 15.1. The van der Waals surface area contributed by atoms with Gasteiger partial charge in [0.15, 0.2) is 12.6 Å². The summed E-state index contributed by atoms with van der Waals surface area (Å²) in [5.41, 5.74) is -0.239. The highest BCUT2D eigenvalue weighted by molar-refractivity contribution is 5.76. The van der Waals surface area contributed by atoms with E-state index in [9.17, 15) is 40.5 Å². The number of hydrogen-bond acceptors (Lipinski definition) is 11. The molecule has 0 bridgehead atoms. The minimum absolute atomic E-state index is 0.0360. The molecule has 53 heavy (non-hydrogen) atoms. The Morgan fingerprint density at radius 1 is 0.830 bits per heavy atom. The van der Waals surface area contributed by atoms with Crippen LogP contribution in [0.15, 0.2) is 11.6 Å². The van der Waals surface area contributed by atoms with E-state index in [-0.39, 0.29) is 46.7 Å². The first-order chi connectivity index (χ1) is 24.7. The molecule has 6 fully saturated rings. The van der Waals surface area contributed by atoms with Crippen molar-refractivity contribution in [3.8, 4) is 0 Å². The van der Waals surface area contributed by atoms with E-state index in [0.717, 1.165) is 51.4 Å². The summed E-state index contributed by atoms with van der Waals surface area (Å²) >= 11 is 0. The van der Waals surface area contributed by atoms with Crippen molar-refractivity contribution in [1.29, 1.82) is 0 Å². The number of carboxylic acids is 1. The monoisotopic (exact) mass is 750 g/mol. The second kappa shape index (κ2) is 13.5. The van der Waals surface area contributed by atoms with Crippen molar-refractivity contribution in [2.45, 2.75) is 174 Å². The van der Waals surface area contributed by atoms with Crippen LogP contribution in [0, 0.1) is 50.2 Å². The molecule has 2 aliphatic heterocycles. The van der Waals surface area contributed by atoms with Gasteiger partial charge in [-0.2, -0.15) is 0 Å². The highest BCUT2D eigenvalue weighted by atomic mass is 16.8. The van der Waals surface area contributed by atoms with Gasteiger partial charge in [0.05, 0.1) is 30.8 Å². The predicted molar refractivity (Wildman–Crippen MR) is 192 cm³/mol. The molecule has 0 aromatic heterocycles. The van der Waals surface area contributed by atoms with Gasteiger partial charge in [0, 0.05) is 5.41 Å². The predicted octanol–water partition coefficient (Wildman–Crippen LogP) is 3.52. The molecule has 0 unspecified atom stereocenters. The van der Waals surface area contributed by atoms with Gasteiger partial charge in [0.2, 0.25) is 0 Å². The molecule has 7 N–H and O–H groups in total. The van der Waals surface area contributed by atoms with Crippen LogP contribution in [0.5, 0.6) is 0 Å². The van der Waals surface area contributed by atoms with Crippen molar-refractivity contribution >= 4 is 5.97 Å². The molecule has 0 spiro atoms. The van der Waals surface area contributed by atoms with Gasteiger partial charge in [-0.25, -0.2) is 0 Å². The fraction of sp³-hybridized carbons (Fsp3) is 0.927. The third kappa shape index (κ3) is 5.85. The number of fused-ring (bicyclic) bond motifs is 7. The molecular weight excluding hydrogens is 684 g/mol. The first-order valence-electron chi connectivity index (χ1n) is 20.2. The quantitative estimate of drug-likeness (QED) is 0.155. The van der Waals surface area contributed by atoms with Crippen molar-refractivity contribution < 1.29 is 59.5 Å². The third-order valence-corrected chi connectivity index (χ3v) is 17.0. The summed E-state index contributed by atoms with van der Waals surface area (Å²) in [7, 11) is 0. The van der Waals surface area contributed by atoms with Crippen LogP contribution >= 0.6 is 0 Å². The van der Waals surface area contributed by atoms with E-state index in [1.807, 2.05) is 0 Å². The third-order valence-electron chi connectivity index (χ3n) is 17.0. The molecule has 12 nitrogen and oxygen atoms in total. The average Bonchev–Trinajstić information content (AvgIpc) is 3.10. The number of ether oxygens (including phenoxy) is 4. The molecule has 2 saturated heterocycles. The van der Waals surface area contributed by atoms with Crippen molar-refractivity contribution in [1.82, 2.24) is 0 Å². The van der Waals surface area contributed by atoms with Gasteiger partial charge in [0.25, 0.3) is 0 Å². The minimum Gasteiger partial charge on any atom is -0.481 e. The summed E-state index contributed by atoms with van der Waals surface area (Å²) in [6, 6.07) is 0. The number of allylic oxidation sites excluding steroid dienone is 2. The van der Waals surface area contributed by atoms with Crippen LogP contribution in [0.3, 0.4) is 0 Å². The fourth-order valence-corrected chi connectivity index (χ4v) is 13.3. The summed E-state index contributed by atoms with van der Waals surface area (Å²) in [5.74, 6) is -0.194. The van der Waals surface area contributed by atoms with Crippen LogP contribution < -0.4 is 0 Å². The molecule has 0 radical (unpaired) electrons. The standard InChI is InChI=1S/C41H66O12/c1-21-28(44)30(46)31(47)33(51-21)53-32-29(45)24(43)19-50-34(32)52-27-11-12-37(4)25(38(27,5)20-42)10-13-40(7)26(37)9-8-22-23-18-36(2,3)14-16-41(23,35(48)49)17-15-39(22,40)6/h8,21,23-34,42-47H,9-20H2,1-7H3,(H,48,49)/t21-,23-,24+,25+,26+,27+,28-,29+,30-,31+,32+,33-,34+,37+,38-,39+,40+,41-/m0/s1. The lowest BCUT2D eigenvalue weighted by atomic mass is 9.33. The first kappa shape index (κ1) is 40.0. The van der Waals surface area contributed by atoms with Gasteiger partial charge in [-0.05, 0) is 111 Å². The number of aliphatic carboxylic acids is 1. The van der Waals surface area contributed by atoms with E-state index in [1.54, 1.807) is 0 Å². The van der Waals surface area contributed by atoms with Crippen LogP contribution in [0.1, 0.15) is 113 Å². The first-order valence-corrected chi connectivity index (χ1v) is 20.2. The van der Waals surface area contributed by atoms with Crippen LogP contribution in [0.25, 0.3) is 0 Å². The Morgan fingerprint density at radius 2 is 1.53 bits per heavy atom. The van der Waals surface area contributed by atoms with Crippen LogP contribution in [0.4, 0.5) is 0 Å². The van der Waals surface area contributed by atoms with Gasteiger partial charge >= 0.3 is 5.97 Å². The van der Waals surface area contributed by atoms with E-state index in [2.05, 4.69) is 47.6 Å². The fourth-order valence-electron chi connectivity index (χ4n) is 13.3. The number of hydrogen-bond donors (Lipinski definition) is 7. The maximum Gasteiger partial charge on any atom is 0.310 e. The number of carbonyl (C=O) groups is 1. The Bertz CT molecular complexity index is 1440. The SMILES string of the molecule is C[C@@H]1O[C@@H](O[C@H]2[C@@H](O[C@@H]3CC[C@]4(C)[C@@H](CC[C@]5(C)[C@@H]4CC=C4[C@@H]6CC(C)(C)CC[C@]6(C(=O)O)CC[C@]45C)[C@]3(C)CO)OC[C@@H](O)[C@H]2O)[C@H](O)[C@@H](O)[C@H]1O. The van der Waals surface area contributed by atoms with E-state index < -0.39 is 78.2 Å². The maximum atomic E-state index is 13.0. The van der Waals surface area contributed by atoms with Crippen molar-refractivity contribution in [2.75, 3.05) is 13.2 Å². The van der Waals surface area contributed by atoms with Gasteiger partial charge in [-0.1, -0.05) is 53.2 Å². The zero-order valence-electron chi connectivity index (χ0n) is 32.7. The van der Waals surface area contributed by atoms with Gasteiger partial charge in [-0.3, -0.25) is 4.79 Å². The van der Waals surface area contributed by atoms with Gasteiger partial charge in [0.1, 0.15) is 36.6 Å². The average molecular weight is 751 g/mol. The van der Waals surface area contributed by atoms with Crippen molar-refractivity contribution in [2.24, 2.45) is 50.2 Å². The molecule has 2 heterocycles. The highest BCUT2D eigenvalue weighted by Crippen LogP contribution is 2.76. The van der Waals surface area contributed by atoms with Gasteiger partial charge < -0.3 is 54.7 Å². The van der Waals surface area contributed by atoms with Crippen LogP contribution in [-0.4, -0.2) is 116 Å². The van der Waals surface area contributed by atoms with Crippen molar-refractivity contribution in [3.63, 3.8) is 0 Å². The molecule has 302 valence electrons. The number of carboxylic acid groups (broad SMARTS) is 1. The zero-order valence-corrected chi connectivity index (χ0v) is 32.7. The molecule has 7 aliphatic rings. The molecule has 0 amide bonds. The second-order valence-corrected chi connectivity index (χ2v) is 20.0. The largest absolute Gasteiger partial charge is 0.481 e. The van der Waals surface area contributed by atoms with E-state index in [1.165, 1.54) is 12.5 Å². The molecule has 18 atom stereocenters. The number of rotatable bonds is 6. The Hall–Kier alpha value is -1.19. The Morgan fingerprint density at radius 3 is 2.21 bits per heavy atom.